The average molecular weight is 578 g/mol. The van der Waals surface area contributed by atoms with Crippen molar-refractivity contribution in [3.8, 4) is 0 Å². The van der Waals surface area contributed by atoms with Crippen LogP contribution in [-0.2, 0) is 0 Å². The summed E-state index contributed by atoms with van der Waals surface area (Å²) in [6, 6.07) is 14.2. The molecule has 1 aliphatic rings. The maximum atomic E-state index is 15.3. The third-order valence-electron chi connectivity index (χ3n) is 6.81. The van der Waals surface area contributed by atoms with Gasteiger partial charge in [0.2, 0.25) is 0 Å². The summed E-state index contributed by atoms with van der Waals surface area (Å²) < 4.78 is 145. The maximum absolute atomic E-state index is 15.3. The second-order valence-corrected chi connectivity index (χ2v) is 11.3. The van der Waals surface area contributed by atoms with Crippen LogP contribution in [0.3, 0.4) is 0 Å². The first-order valence-corrected chi connectivity index (χ1v) is 13.6. The molecule has 0 aromatic heterocycles. The molecule has 4 aromatic rings. The quantitative estimate of drug-likeness (QED) is 0.129. The number of hydrogen-bond acceptors (Lipinski definition) is 0. The second-order valence-electron chi connectivity index (χ2n) is 8.95. The molecule has 4 aromatic carbocycles. The van der Waals surface area contributed by atoms with Gasteiger partial charge in [0.15, 0.2) is 0 Å². The summed E-state index contributed by atoms with van der Waals surface area (Å²) in [5.74, 6) is -24.5. The van der Waals surface area contributed by atoms with Crippen LogP contribution >= 0.6 is 0 Å². The van der Waals surface area contributed by atoms with Crippen molar-refractivity contribution < 1.29 is 43.9 Å². The van der Waals surface area contributed by atoms with Gasteiger partial charge in [-0.05, 0) is 0 Å². The normalized spacial score (nSPS) is 16.8. The van der Waals surface area contributed by atoms with Crippen LogP contribution in [0.2, 0.25) is 6.55 Å². The van der Waals surface area contributed by atoms with Gasteiger partial charge >= 0.3 is 222 Å². The molecule has 0 bridgehead atoms. The molecule has 0 fully saturated rings. The zero-order chi connectivity index (χ0) is 29.0. The van der Waals surface area contributed by atoms with Crippen LogP contribution in [0, 0.1) is 58.2 Å². The van der Waals surface area contributed by atoms with Gasteiger partial charge in [0.05, 0.1) is 0 Å². The fourth-order valence-corrected chi connectivity index (χ4v) is 7.30. The van der Waals surface area contributed by atoms with Gasteiger partial charge in [-0.3, -0.25) is 0 Å². The van der Waals surface area contributed by atoms with Crippen LogP contribution in [0.4, 0.5) is 43.9 Å². The first kappa shape index (κ1) is 27.8. The van der Waals surface area contributed by atoms with Crippen molar-refractivity contribution in [2.75, 3.05) is 0 Å². The minimum atomic E-state index is -2.42. The van der Waals surface area contributed by atoms with E-state index in [4.69, 9.17) is 0 Å². The topological polar surface area (TPSA) is 0 Å². The van der Waals surface area contributed by atoms with Gasteiger partial charge in [0.25, 0.3) is 0 Å². The predicted molar refractivity (Wildman–Crippen MR) is 133 cm³/mol. The Labute approximate surface area is 222 Å². The Morgan fingerprint density at radius 3 is 1.48 bits per heavy atom. The summed E-state index contributed by atoms with van der Waals surface area (Å²) in [5.41, 5.74) is -2.81. The molecule has 202 valence electrons. The SMILES string of the molecule is C[Si](=C1c2ccccc2C(=Bc2c(F)c(F)c(F)c(F)c2F)C1c1c(F)c(F)c(F)c(F)c1F)c1ccccc1. The van der Waals surface area contributed by atoms with E-state index in [0.29, 0.717) is 12.1 Å². The van der Waals surface area contributed by atoms with Crippen molar-refractivity contribution in [3.63, 3.8) is 0 Å². The summed E-state index contributed by atoms with van der Waals surface area (Å²) in [7, 11) is -2.08. The van der Waals surface area contributed by atoms with Crippen LogP contribution in [0.25, 0.3) is 0 Å². The molecule has 0 heterocycles. The third-order valence-corrected chi connectivity index (χ3v) is 9.38. The van der Waals surface area contributed by atoms with Crippen LogP contribution < -0.4 is 10.6 Å². The van der Waals surface area contributed by atoms with Crippen molar-refractivity contribution in [1.29, 1.82) is 0 Å². The Kier molecular flexibility index (Phi) is 7.15. The van der Waals surface area contributed by atoms with E-state index in [1.807, 2.05) is 0 Å². The molecule has 0 amide bonds. The van der Waals surface area contributed by atoms with Gasteiger partial charge in [0, 0.05) is 0 Å². The van der Waals surface area contributed by atoms with E-state index >= 15 is 8.78 Å². The Hall–Kier alpha value is -3.80. The first-order valence-electron chi connectivity index (χ1n) is 11.6. The van der Waals surface area contributed by atoms with Crippen molar-refractivity contribution >= 4 is 36.6 Å². The Morgan fingerprint density at radius 2 is 0.950 bits per heavy atom. The number of hydrogen-bond donors (Lipinski definition) is 0. The molecule has 0 N–H and O–H groups in total. The van der Waals surface area contributed by atoms with E-state index in [1.54, 1.807) is 36.9 Å². The monoisotopic (exact) mass is 578 g/mol. The summed E-state index contributed by atoms with van der Waals surface area (Å²) in [4.78, 5) is 0. The fourth-order valence-electron chi connectivity index (χ4n) is 4.94. The molecule has 1 aliphatic carbocycles. The van der Waals surface area contributed by atoms with Crippen molar-refractivity contribution in [2.45, 2.75) is 12.5 Å². The molecule has 40 heavy (non-hydrogen) atoms. The Morgan fingerprint density at radius 1 is 0.525 bits per heavy atom. The average Bonchev–Trinajstić information content (AvgIpc) is 3.28. The van der Waals surface area contributed by atoms with Crippen molar-refractivity contribution in [1.82, 2.24) is 0 Å². The van der Waals surface area contributed by atoms with Gasteiger partial charge in [-0.15, -0.1) is 0 Å². The second kappa shape index (κ2) is 10.3. The van der Waals surface area contributed by atoms with Crippen LogP contribution in [0.5, 0.6) is 0 Å². The van der Waals surface area contributed by atoms with Crippen molar-refractivity contribution in [3.05, 3.63) is 129 Å². The first-order chi connectivity index (χ1) is 19.0. The molecule has 0 radical (unpaired) electrons. The molecule has 12 heteroatoms. The summed E-state index contributed by atoms with van der Waals surface area (Å²) in [6.07, 6.45) is 0. The van der Waals surface area contributed by atoms with E-state index in [9.17, 15) is 35.1 Å². The molecule has 0 nitrogen and oxygen atoms in total. The zero-order valence-corrected chi connectivity index (χ0v) is 21.1. The van der Waals surface area contributed by atoms with Gasteiger partial charge < -0.3 is 0 Å². The molecule has 1 atom stereocenters. The zero-order valence-electron chi connectivity index (χ0n) is 20.1. The molecule has 0 spiro atoms. The predicted octanol–water partition coefficient (Wildman–Crippen LogP) is 5.56. The standard InChI is InChI=1S/C28H13BF10Si/c1-40(11-7-3-2-4-8-11)28-13-10-6-5-9-12(13)16(29-17-20(32)24(36)27(39)25(37)21(17)33)14(28)15-18(30)22(34)26(38)23(35)19(15)31/h2-10,14H,1H3. The van der Waals surface area contributed by atoms with Crippen LogP contribution in [0.1, 0.15) is 22.6 Å². The van der Waals surface area contributed by atoms with E-state index in [0.717, 1.165) is 0 Å². The third kappa shape index (κ3) is 4.16. The molecule has 0 saturated heterocycles. The van der Waals surface area contributed by atoms with Crippen LogP contribution in [-0.4, -0.2) is 26.0 Å². The summed E-state index contributed by atoms with van der Waals surface area (Å²) in [6.45, 7) is 2.19. The van der Waals surface area contributed by atoms with Gasteiger partial charge in [-0.2, -0.15) is 0 Å². The van der Waals surface area contributed by atoms with E-state index in [2.05, 4.69) is 0 Å². The fraction of sp³-hybridized carbons (Fsp3) is 0.0714. The van der Waals surface area contributed by atoms with E-state index in [-0.39, 0.29) is 16.3 Å². The van der Waals surface area contributed by atoms with Gasteiger partial charge in [-0.25, -0.2) is 0 Å². The number of fused-ring (bicyclic) bond motifs is 1. The molecule has 5 rings (SSSR count). The summed E-state index contributed by atoms with van der Waals surface area (Å²) in [5, 5.41) is 0.841. The number of halogens is 10. The molecular weight excluding hydrogens is 565 g/mol. The van der Waals surface area contributed by atoms with E-state index in [1.165, 1.54) is 24.3 Å². The van der Waals surface area contributed by atoms with Crippen molar-refractivity contribution in [2.24, 2.45) is 0 Å². The van der Waals surface area contributed by atoms with Crippen LogP contribution in [0.15, 0.2) is 54.6 Å². The Bertz CT molecular complexity index is 1710. The number of benzene rings is 4. The van der Waals surface area contributed by atoms with Gasteiger partial charge in [0.1, 0.15) is 0 Å². The Balaban J connectivity index is 1.96. The molecule has 1 unspecified atom stereocenters. The number of rotatable bonds is 3. The molecule has 0 aliphatic heterocycles. The van der Waals surface area contributed by atoms with E-state index < -0.39 is 89.0 Å². The molecular formula is C28H13BF10Si. The molecule has 0 saturated carbocycles. The summed E-state index contributed by atoms with van der Waals surface area (Å²) >= 11 is 0. The minimum absolute atomic E-state index is 0.0654. The van der Waals surface area contributed by atoms with Gasteiger partial charge in [-0.1, -0.05) is 0 Å².